The normalized spacial score (nSPS) is 14.8. The molecule has 10 heteroatoms. The van der Waals surface area contributed by atoms with E-state index in [-0.39, 0.29) is 30.3 Å². The lowest BCUT2D eigenvalue weighted by atomic mass is 10.1. The first-order valence-electron chi connectivity index (χ1n) is 10.00. The number of esters is 2. The number of methoxy groups -OCH3 is 2. The molecule has 1 fully saturated rings. The first kappa shape index (κ1) is 21.9. The van der Waals surface area contributed by atoms with E-state index in [1.54, 1.807) is 10.6 Å². The number of hydrogen-bond acceptors (Lipinski definition) is 7. The average molecular weight is 451 g/mol. The van der Waals surface area contributed by atoms with Crippen LogP contribution in [0.5, 0.6) is 0 Å². The summed E-state index contributed by atoms with van der Waals surface area (Å²) in [6.07, 6.45) is 1.59. The maximum absolute atomic E-state index is 13.0. The van der Waals surface area contributed by atoms with Gasteiger partial charge in [0.1, 0.15) is 18.0 Å². The zero-order valence-electron chi connectivity index (χ0n) is 18.2. The minimum Gasteiger partial charge on any atom is -0.468 e. The van der Waals surface area contributed by atoms with Gasteiger partial charge in [0, 0.05) is 22.2 Å². The minimum absolute atomic E-state index is 0.0134. The van der Waals surface area contributed by atoms with Gasteiger partial charge in [0.15, 0.2) is 0 Å². The van der Waals surface area contributed by atoms with Crippen LogP contribution in [0.2, 0.25) is 0 Å². The number of amides is 3. The van der Waals surface area contributed by atoms with Gasteiger partial charge in [-0.05, 0) is 31.2 Å². The maximum atomic E-state index is 13.0. The van der Waals surface area contributed by atoms with Gasteiger partial charge in [-0.2, -0.15) is 0 Å². The molecule has 3 aromatic rings. The van der Waals surface area contributed by atoms with Crippen LogP contribution in [0, 0.1) is 6.92 Å². The molecule has 3 heterocycles. The Kier molecular flexibility index (Phi) is 5.74. The van der Waals surface area contributed by atoms with Gasteiger partial charge in [-0.15, -0.1) is 0 Å². The number of nitrogens with one attached hydrogen (secondary N) is 1. The van der Waals surface area contributed by atoms with Crippen molar-refractivity contribution in [2.75, 3.05) is 14.2 Å². The molecule has 0 spiro atoms. The number of urea groups is 1. The Morgan fingerprint density at radius 3 is 2.58 bits per heavy atom. The molecule has 1 aromatic carbocycles. The number of nitrogens with zero attached hydrogens (tertiary/aromatic N) is 2. The molecule has 1 N–H and O–H groups in total. The Bertz CT molecular complexity index is 1310. The van der Waals surface area contributed by atoms with E-state index < -0.39 is 23.9 Å². The number of fused-ring (bicyclic) bond motifs is 1. The number of ether oxygens (including phenoxy) is 2. The molecule has 0 aliphatic carbocycles. The van der Waals surface area contributed by atoms with Gasteiger partial charge in [0.2, 0.25) is 5.76 Å². The predicted molar refractivity (Wildman–Crippen MR) is 116 cm³/mol. The SMILES string of the molecule is COC(=O)Cn1c(C)c(C=C2NC(=O)N(Cc3ccc(C(=O)OC)o3)C2=O)c2ccccc21. The summed E-state index contributed by atoms with van der Waals surface area (Å²) in [6.45, 7) is 1.69. The summed E-state index contributed by atoms with van der Waals surface area (Å²) in [5.74, 6) is -1.37. The molecule has 10 nitrogen and oxygen atoms in total. The van der Waals surface area contributed by atoms with Crippen molar-refractivity contribution in [3.8, 4) is 0 Å². The van der Waals surface area contributed by atoms with Gasteiger partial charge >= 0.3 is 18.0 Å². The van der Waals surface area contributed by atoms with Crippen molar-refractivity contribution >= 4 is 40.9 Å². The van der Waals surface area contributed by atoms with E-state index in [4.69, 9.17) is 9.15 Å². The lowest BCUT2D eigenvalue weighted by Crippen LogP contribution is -2.30. The van der Waals surface area contributed by atoms with Crippen LogP contribution in [0.25, 0.3) is 17.0 Å². The van der Waals surface area contributed by atoms with Crippen molar-refractivity contribution in [3.05, 3.63) is 64.9 Å². The van der Waals surface area contributed by atoms with Crippen molar-refractivity contribution in [2.24, 2.45) is 0 Å². The van der Waals surface area contributed by atoms with E-state index >= 15 is 0 Å². The van der Waals surface area contributed by atoms with Crippen molar-refractivity contribution in [1.82, 2.24) is 14.8 Å². The van der Waals surface area contributed by atoms with Crippen LogP contribution in [0.15, 0.2) is 46.5 Å². The second-order valence-corrected chi connectivity index (χ2v) is 7.32. The molecule has 3 amide bonds. The fourth-order valence-electron chi connectivity index (χ4n) is 3.73. The highest BCUT2D eigenvalue weighted by molar-refractivity contribution is 6.14. The zero-order valence-corrected chi connectivity index (χ0v) is 18.2. The molecule has 0 saturated carbocycles. The summed E-state index contributed by atoms with van der Waals surface area (Å²) < 4.78 is 16.5. The predicted octanol–water partition coefficient (Wildman–Crippen LogP) is 2.60. The highest BCUT2D eigenvalue weighted by Crippen LogP contribution is 2.29. The van der Waals surface area contributed by atoms with Crippen molar-refractivity contribution in [2.45, 2.75) is 20.0 Å². The average Bonchev–Trinajstić information content (AvgIpc) is 3.47. The lowest BCUT2D eigenvalue weighted by molar-refractivity contribution is -0.141. The van der Waals surface area contributed by atoms with Gasteiger partial charge in [0.05, 0.1) is 20.8 Å². The Morgan fingerprint density at radius 1 is 1.09 bits per heavy atom. The quantitative estimate of drug-likeness (QED) is 0.347. The Labute approximate surface area is 188 Å². The Balaban J connectivity index is 1.65. The molecule has 0 bridgehead atoms. The molecule has 170 valence electrons. The molecule has 1 aliphatic heterocycles. The van der Waals surface area contributed by atoms with E-state index in [0.717, 1.165) is 21.5 Å². The minimum atomic E-state index is -0.655. The fourth-order valence-corrected chi connectivity index (χ4v) is 3.73. The number of furan rings is 1. The van der Waals surface area contributed by atoms with Crippen LogP contribution in [-0.4, -0.2) is 47.6 Å². The number of rotatable bonds is 6. The summed E-state index contributed by atoms with van der Waals surface area (Å²) in [5.41, 5.74) is 2.32. The van der Waals surface area contributed by atoms with Crippen LogP contribution in [0.1, 0.15) is 27.6 Å². The van der Waals surface area contributed by atoms with Gasteiger partial charge in [-0.25, -0.2) is 9.59 Å². The van der Waals surface area contributed by atoms with E-state index in [0.29, 0.717) is 5.56 Å². The van der Waals surface area contributed by atoms with E-state index in [1.165, 1.54) is 26.4 Å². The molecule has 1 saturated heterocycles. The van der Waals surface area contributed by atoms with E-state index in [1.807, 2.05) is 31.2 Å². The molecular weight excluding hydrogens is 430 g/mol. The number of aromatic nitrogens is 1. The first-order valence-corrected chi connectivity index (χ1v) is 10.00. The van der Waals surface area contributed by atoms with Gasteiger partial charge in [-0.3, -0.25) is 14.5 Å². The Morgan fingerprint density at radius 2 is 1.85 bits per heavy atom. The summed E-state index contributed by atoms with van der Waals surface area (Å²) in [5, 5.41) is 3.40. The number of carbonyl (C=O) groups excluding carboxylic acids is 4. The Hall–Kier alpha value is -4.34. The van der Waals surface area contributed by atoms with Crippen LogP contribution >= 0.6 is 0 Å². The van der Waals surface area contributed by atoms with Gasteiger partial charge < -0.3 is 23.8 Å². The molecule has 4 rings (SSSR count). The topological polar surface area (TPSA) is 120 Å². The third kappa shape index (κ3) is 3.98. The third-order valence-corrected chi connectivity index (χ3v) is 5.41. The molecule has 1 aliphatic rings. The molecule has 33 heavy (non-hydrogen) atoms. The highest BCUT2D eigenvalue weighted by Gasteiger charge is 2.35. The van der Waals surface area contributed by atoms with Crippen LogP contribution in [0.4, 0.5) is 4.79 Å². The summed E-state index contributed by atoms with van der Waals surface area (Å²) in [6, 6.07) is 9.74. The van der Waals surface area contributed by atoms with Crippen LogP contribution in [0.3, 0.4) is 0 Å². The van der Waals surface area contributed by atoms with Gasteiger partial charge in [-0.1, -0.05) is 18.2 Å². The number of para-hydroxylation sites is 1. The van der Waals surface area contributed by atoms with Crippen molar-refractivity contribution in [1.29, 1.82) is 0 Å². The standard InChI is InChI=1S/C23H21N3O7/c1-13-16(15-6-4-5-7-18(15)25(13)12-20(27)31-2)10-17-21(28)26(23(30)24-17)11-14-8-9-19(33-14)22(29)32-3/h4-10H,11-12H2,1-3H3,(H,24,30). The second kappa shape index (κ2) is 8.65. The summed E-state index contributed by atoms with van der Waals surface area (Å²) in [4.78, 5) is 49.9. The van der Waals surface area contributed by atoms with Gasteiger partial charge in [0.25, 0.3) is 5.91 Å². The molecule has 2 aromatic heterocycles. The largest absolute Gasteiger partial charge is 0.468 e. The van der Waals surface area contributed by atoms with Crippen LogP contribution < -0.4 is 5.32 Å². The van der Waals surface area contributed by atoms with E-state index in [9.17, 15) is 19.2 Å². The molecule has 0 atom stereocenters. The fraction of sp³-hybridized carbons (Fsp3) is 0.217. The zero-order chi connectivity index (χ0) is 23.7. The molecule has 0 unspecified atom stereocenters. The maximum Gasteiger partial charge on any atom is 0.373 e. The first-order chi connectivity index (χ1) is 15.8. The summed E-state index contributed by atoms with van der Waals surface area (Å²) in [7, 11) is 2.55. The number of imide groups is 1. The third-order valence-electron chi connectivity index (χ3n) is 5.41. The van der Waals surface area contributed by atoms with Crippen LogP contribution in [-0.2, 0) is 32.2 Å². The molecule has 0 radical (unpaired) electrons. The second-order valence-electron chi connectivity index (χ2n) is 7.32. The number of benzene rings is 1. The molecular formula is C23H21N3O7. The number of hydrogen-bond donors (Lipinski definition) is 1. The number of carbonyl (C=O) groups is 4. The highest BCUT2D eigenvalue weighted by atomic mass is 16.5. The van der Waals surface area contributed by atoms with E-state index in [2.05, 4.69) is 10.1 Å². The smallest absolute Gasteiger partial charge is 0.373 e. The van der Waals surface area contributed by atoms with Crippen molar-refractivity contribution < 1.29 is 33.1 Å². The van der Waals surface area contributed by atoms with Crippen molar-refractivity contribution in [3.63, 3.8) is 0 Å². The summed E-state index contributed by atoms with van der Waals surface area (Å²) >= 11 is 0. The monoisotopic (exact) mass is 451 g/mol. The lowest BCUT2D eigenvalue weighted by Gasteiger charge is -2.09.